The number of rotatable bonds is 4. The van der Waals surface area contributed by atoms with E-state index in [0.717, 1.165) is 4.90 Å². The highest BCUT2D eigenvalue weighted by molar-refractivity contribution is 6.31. The monoisotopic (exact) mass is 343 g/mol. The summed E-state index contributed by atoms with van der Waals surface area (Å²) >= 11 is 5.90. The molecule has 1 aliphatic rings. The van der Waals surface area contributed by atoms with Gasteiger partial charge in [-0.25, -0.2) is 10.3 Å². The van der Waals surface area contributed by atoms with Crippen molar-refractivity contribution in [3.63, 3.8) is 0 Å². The van der Waals surface area contributed by atoms with Crippen molar-refractivity contribution in [3.05, 3.63) is 65.2 Å². The highest BCUT2D eigenvalue weighted by Crippen LogP contribution is 2.25. The summed E-state index contributed by atoms with van der Waals surface area (Å²) < 4.78 is 0. The van der Waals surface area contributed by atoms with Gasteiger partial charge in [-0.1, -0.05) is 35.9 Å². The minimum absolute atomic E-state index is 0.0413. The number of hydrogen-bond donors (Lipinski definition) is 2. The summed E-state index contributed by atoms with van der Waals surface area (Å²) in [5.74, 6) is -1.17. The first-order chi connectivity index (χ1) is 11.6. The molecule has 0 saturated carbocycles. The van der Waals surface area contributed by atoms with Gasteiger partial charge >= 0.3 is 0 Å². The van der Waals surface area contributed by atoms with Crippen molar-refractivity contribution in [3.8, 4) is 0 Å². The lowest BCUT2D eigenvalue weighted by atomic mass is 10.2. The lowest BCUT2D eigenvalue weighted by Crippen LogP contribution is -2.48. The second-order valence-electron chi connectivity index (χ2n) is 5.27. The summed E-state index contributed by atoms with van der Waals surface area (Å²) in [6.45, 7) is 0. The smallest absolute Gasteiger partial charge is 0.265 e. The number of hydrazine groups is 1. The Morgan fingerprint density at radius 3 is 2.54 bits per heavy atom. The van der Waals surface area contributed by atoms with Gasteiger partial charge in [-0.3, -0.25) is 19.8 Å². The topological polar surface area (TPSA) is 78.5 Å². The molecule has 122 valence electrons. The Hall–Kier alpha value is -2.70. The molecule has 7 heteroatoms. The Morgan fingerprint density at radius 2 is 1.83 bits per heavy atom. The van der Waals surface area contributed by atoms with E-state index in [1.165, 1.54) is 0 Å². The number of halogens is 1. The quantitative estimate of drug-likeness (QED) is 0.656. The largest absolute Gasteiger partial charge is 0.287 e. The molecule has 0 bridgehead atoms. The molecule has 2 aromatic carbocycles. The molecule has 24 heavy (non-hydrogen) atoms. The standard InChI is InChI=1S/C17H14ClN3O3/c18-12-7-4-8-13(9-12)21-15(22)10-14(17(21)24)19-20-16(23)11-5-2-1-3-6-11/h1-9,14,19H,10H2,(H,20,23)/t14-/m0/s1. The molecule has 0 aromatic heterocycles. The number of hydrogen-bond acceptors (Lipinski definition) is 4. The van der Waals surface area contributed by atoms with Crippen LogP contribution in [0.4, 0.5) is 5.69 Å². The van der Waals surface area contributed by atoms with Crippen LogP contribution in [0.25, 0.3) is 0 Å². The minimum atomic E-state index is -0.816. The molecular formula is C17H14ClN3O3. The van der Waals surface area contributed by atoms with Crippen LogP contribution < -0.4 is 15.8 Å². The predicted octanol–water partition coefficient (Wildman–Crippen LogP) is 1.91. The molecule has 6 nitrogen and oxygen atoms in total. The van der Waals surface area contributed by atoms with E-state index in [-0.39, 0.29) is 18.2 Å². The molecule has 1 atom stereocenters. The first-order valence-corrected chi connectivity index (χ1v) is 7.67. The molecule has 1 aliphatic heterocycles. The maximum atomic E-state index is 12.4. The van der Waals surface area contributed by atoms with Crippen molar-refractivity contribution in [2.24, 2.45) is 0 Å². The number of carbonyl (C=O) groups excluding carboxylic acids is 3. The molecule has 2 N–H and O–H groups in total. The molecule has 1 heterocycles. The van der Waals surface area contributed by atoms with Gasteiger partial charge in [0, 0.05) is 10.6 Å². The lowest BCUT2D eigenvalue weighted by Gasteiger charge is -2.16. The molecule has 0 unspecified atom stereocenters. The molecule has 0 radical (unpaired) electrons. The average Bonchev–Trinajstić information content (AvgIpc) is 2.87. The summed E-state index contributed by atoms with van der Waals surface area (Å²) in [5.41, 5.74) is 5.96. The van der Waals surface area contributed by atoms with Gasteiger partial charge in [-0.2, -0.15) is 0 Å². The van der Waals surface area contributed by atoms with E-state index in [0.29, 0.717) is 16.3 Å². The third-order valence-electron chi connectivity index (χ3n) is 3.61. The maximum absolute atomic E-state index is 12.4. The number of imide groups is 1. The molecule has 0 aliphatic carbocycles. The summed E-state index contributed by atoms with van der Waals surface area (Å²) in [6.07, 6.45) is -0.0413. The van der Waals surface area contributed by atoms with E-state index in [4.69, 9.17) is 11.6 Å². The van der Waals surface area contributed by atoms with Crippen LogP contribution in [0.5, 0.6) is 0 Å². The van der Waals surface area contributed by atoms with Crippen LogP contribution in [-0.2, 0) is 9.59 Å². The fourth-order valence-corrected chi connectivity index (χ4v) is 2.63. The van der Waals surface area contributed by atoms with Gasteiger partial charge in [0.05, 0.1) is 12.1 Å². The van der Waals surface area contributed by atoms with E-state index in [1.54, 1.807) is 54.6 Å². The van der Waals surface area contributed by atoms with Crippen molar-refractivity contribution in [2.45, 2.75) is 12.5 Å². The van der Waals surface area contributed by atoms with E-state index in [1.807, 2.05) is 0 Å². The number of benzene rings is 2. The van der Waals surface area contributed by atoms with Gasteiger partial charge in [0.25, 0.3) is 11.8 Å². The van der Waals surface area contributed by atoms with Gasteiger partial charge in [0.2, 0.25) is 5.91 Å². The van der Waals surface area contributed by atoms with E-state index in [2.05, 4.69) is 10.9 Å². The summed E-state index contributed by atoms with van der Waals surface area (Å²) in [7, 11) is 0. The van der Waals surface area contributed by atoms with Crippen molar-refractivity contribution in [1.82, 2.24) is 10.9 Å². The summed E-state index contributed by atoms with van der Waals surface area (Å²) in [5, 5.41) is 0.432. The van der Waals surface area contributed by atoms with Crippen molar-refractivity contribution < 1.29 is 14.4 Å². The minimum Gasteiger partial charge on any atom is -0.287 e. The van der Waals surface area contributed by atoms with Gasteiger partial charge < -0.3 is 0 Å². The van der Waals surface area contributed by atoms with E-state index in [9.17, 15) is 14.4 Å². The maximum Gasteiger partial charge on any atom is 0.265 e. The summed E-state index contributed by atoms with van der Waals surface area (Å²) in [6, 6.07) is 14.3. The van der Waals surface area contributed by atoms with Gasteiger partial charge in [-0.15, -0.1) is 0 Å². The Labute approximate surface area is 143 Å². The first-order valence-electron chi connectivity index (χ1n) is 7.29. The molecule has 1 saturated heterocycles. The second kappa shape index (κ2) is 6.82. The Kier molecular flexibility index (Phi) is 4.59. The van der Waals surface area contributed by atoms with Crippen LogP contribution in [-0.4, -0.2) is 23.8 Å². The zero-order valence-electron chi connectivity index (χ0n) is 12.5. The molecule has 1 fully saturated rings. The molecular weight excluding hydrogens is 330 g/mol. The molecule has 3 rings (SSSR count). The Balaban J connectivity index is 1.67. The van der Waals surface area contributed by atoms with Crippen LogP contribution in [0.3, 0.4) is 0 Å². The number of nitrogens with zero attached hydrogens (tertiary/aromatic N) is 1. The highest BCUT2D eigenvalue weighted by Gasteiger charge is 2.39. The van der Waals surface area contributed by atoms with Crippen molar-refractivity contribution >= 4 is 35.0 Å². The van der Waals surface area contributed by atoms with Crippen molar-refractivity contribution in [2.75, 3.05) is 4.90 Å². The van der Waals surface area contributed by atoms with E-state index >= 15 is 0 Å². The lowest BCUT2D eigenvalue weighted by molar-refractivity contribution is -0.121. The van der Waals surface area contributed by atoms with Crippen LogP contribution in [0, 0.1) is 0 Å². The fourth-order valence-electron chi connectivity index (χ4n) is 2.45. The van der Waals surface area contributed by atoms with E-state index < -0.39 is 11.9 Å². The third-order valence-corrected chi connectivity index (χ3v) is 3.84. The predicted molar refractivity (Wildman–Crippen MR) is 89.4 cm³/mol. The van der Waals surface area contributed by atoms with Crippen molar-refractivity contribution in [1.29, 1.82) is 0 Å². The number of nitrogens with one attached hydrogen (secondary N) is 2. The number of amides is 3. The van der Waals surface area contributed by atoms with Gasteiger partial charge in [0.1, 0.15) is 6.04 Å². The van der Waals surface area contributed by atoms with Crippen LogP contribution in [0.1, 0.15) is 16.8 Å². The number of anilines is 1. The van der Waals surface area contributed by atoms with Crippen LogP contribution in [0.2, 0.25) is 5.02 Å². The fraction of sp³-hybridized carbons (Fsp3) is 0.118. The van der Waals surface area contributed by atoms with Gasteiger partial charge in [-0.05, 0) is 30.3 Å². The normalized spacial score (nSPS) is 17.2. The molecule has 0 spiro atoms. The zero-order valence-corrected chi connectivity index (χ0v) is 13.3. The Bertz CT molecular complexity index is 795. The highest BCUT2D eigenvalue weighted by atomic mass is 35.5. The second-order valence-corrected chi connectivity index (χ2v) is 5.70. The zero-order chi connectivity index (χ0) is 17.1. The Morgan fingerprint density at radius 1 is 1.08 bits per heavy atom. The van der Waals surface area contributed by atoms with Crippen LogP contribution in [0.15, 0.2) is 54.6 Å². The third kappa shape index (κ3) is 3.29. The van der Waals surface area contributed by atoms with Gasteiger partial charge in [0.15, 0.2) is 0 Å². The average molecular weight is 344 g/mol. The van der Waals surface area contributed by atoms with Crippen LogP contribution >= 0.6 is 11.6 Å². The first kappa shape index (κ1) is 16.2. The molecule has 2 aromatic rings. The number of carbonyl (C=O) groups is 3. The SMILES string of the molecule is O=C(NN[C@H]1CC(=O)N(c2cccc(Cl)c2)C1=O)c1ccccc1. The molecule has 3 amide bonds. The summed E-state index contributed by atoms with van der Waals surface area (Å²) in [4.78, 5) is 37.6.